The molecule has 0 radical (unpaired) electrons. The number of halogens is 1. The van der Waals surface area contributed by atoms with Gasteiger partial charge < -0.3 is 15.5 Å². The van der Waals surface area contributed by atoms with E-state index in [4.69, 9.17) is 0 Å². The molecule has 1 aromatic rings. The third kappa shape index (κ3) is 2.78. The zero-order valence-electron chi connectivity index (χ0n) is 8.97. The first kappa shape index (κ1) is 12.6. The molecule has 0 saturated carbocycles. The zero-order valence-corrected chi connectivity index (χ0v) is 10.6. The first-order valence-corrected chi connectivity index (χ1v) is 5.49. The summed E-state index contributed by atoms with van der Waals surface area (Å²) >= 11 is 3.21. The molecule has 16 heavy (non-hydrogen) atoms. The first-order chi connectivity index (χ1) is 7.57. The predicted molar refractivity (Wildman–Crippen MR) is 63.6 cm³/mol. The molecule has 1 N–H and O–H groups in total. The van der Waals surface area contributed by atoms with Crippen molar-refractivity contribution in [2.45, 2.75) is 13.3 Å². The maximum atomic E-state index is 10.6. The Kier molecular flexibility index (Phi) is 4.41. The van der Waals surface area contributed by atoms with E-state index in [0.29, 0.717) is 10.4 Å². The highest BCUT2D eigenvalue weighted by Gasteiger charge is 2.19. The summed E-state index contributed by atoms with van der Waals surface area (Å²) in [5.41, 5.74) is 2.82. The maximum absolute atomic E-state index is 10.6. The summed E-state index contributed by atoms with van der Waals surface area (Å²) in [4.78, 5) is 14.0. The van der Waals surface area contributed by atoms with E-state index in [1.807, 2.05) is 6.92 Å². The van der Waals surface area contributed by atoms with Crippen LogP contribution in [0.4, 0.5) is 5.82 Å². The lowest BCUT2D eigenvalue weighted by Gasteiger charge is -1.98. The summed E-state index contributed by atoms with van der Waals surface area (Å²) in [6, 6.07) is 0. The topological polar surface area (TPSA) is 85.3 Å². The van der Waals surface area contributed by atoms with E-state index in [9.17, 15) is 10.1 Å². The van der Waals surface area contributed by atoms with E-state index in [-0.39, 0.29) is 5.82 Å². The standard InChI is InChI=1S/C8H12BrN5O2/c1-3-4-11-12-7(9)8-10-5-6(13(8)2)14(15)16/h5,11H,3-4H2,1-2H3. The summed E-state index contributed by atoms with van der Waals surface area (Å²) < 4.78 is 1.80. The Balaban J connectivity index is 2.88. The molecule has 0 unspecified atom stereocenters. The number of imidazole rings is 1. The van der Waals surface area contributed by atoms with Crippen LogP contribution in [0.15, 0.2) is 11.3 Å². The van der Waals surface area contributed by atoms with Crippen molar-refractivity contribution in [1.29, 1.82) is 0 Å². The van der Waals surface area contributed by atoms with Crippen molar-refractivity contribution in [3.8, 4) is 0 Å². The molecular weight excluding hydrogens is 278 g/mol. The normalized spacial score (nSPS) is 11.6. The molecule has 0 aliphatic heterocycles. The monoisotopic (exact) mass is 289 g/mol. The largest absolute Gasteiger partial charge is 0.358 e. The number of rotatable bonds is 5. The molecule has 0 spiro atoms. The van der Waals surface area contributed by atoms with Gasteiger partial charge in [0, 0.05) is 6.54 Å². The average molecular weight is 290 g/mol. The molecule has 0 aliphatic carbocycles. The Bertz CT molecular complexity index is 415. The molecule has 0 amide bonds. The molecule has 1 aromatic heterocycles. The maximum Gasteiger partial charge on any atom is 0.342 e. The van der Waals surface area contributed by atoms with Crippen LogP contribution in [0.3, 0.4) is 0 Å². The smallest absolute Gasteiger partial charge is 0.342 e. The summed E-state index contributed by atoms with van der Waals surface area (Å²) in [5.74, 6) is 0.341. The Morgan fingerprint density at radius 1 is 1.81 bits per heavy atom. The Morgan fingerprint density at radius 3 is 3.00 bits per heavy atom. The quantitative estimate of drug-likeness (QED) is 0.384. The first-order valence-electron chi connectivity index (χ1n) is 4.70. The highest BCUT2D eigenvalue weighted by atomic mass is 79.9. The van der Waals surface area contributed by atoms with Crippen molar-refractivity contribution < 1.29 is 4.92 Å². The van der Waals surface area contributed by atoms with Gasteiger partial charge in [-0.25, -0.2) is 9.55 Å². The van der Waals surface area contributed by atoms with Crippen LogP contribution in [-0.4, -0.2) is 25.6 Å². The third-order valence-corrected chi connectivity index (χ3v) is 2.41. The van der Waals surface area contributed by atoms with Crippen molar-refractivity contribution in [2.75, 3.05) is 6.54 Å². The molecule has 1 heterocycles. The molecule has 0 aromatic carbocycles. The van der Waals surface area contributed by atoms with Crippen LogP contribution in [0, 0.1) is 10.1 Å². The van der Waals surface area contributed by atoms with Crippen molar-refractivity contribution in [3.05, 3.63) is 22.1 Å². The second kappa shape index (κ2) is 5.59. The minimum atomic E-state index is -0.490. The van der Waals surface area contributed by atoms with Gasteiger partial charge in [0.1, 0.15) is 6.20 Å². The van der Waals surface area contributed by atoms with Gasteiger partial charge in [-0.05, 0) is 27.3 Å². The fourth-order valence-electron chi connectivity index (χ4n) is 1.05. The van der Waals surface area contributed by atoms with Crippen LogP contribution in [0.25, 0.3) is 0 Å². The van der Waals surface area contributed by atoms with Crippen LogP contribution < -0.4 is 5.43 Å². The fraction of sp³-hybridized carbons (Fsp3) is 0.500. The highest BCUT2D eigenvalue weighted by molar-refractivity contribution is 9.18. The molecular formula is C8H12BrN5O2. The predicted octanol–water partition coefficient (Wildman–Crippen LogP) is 1.38. The van der Waals surface area contributed by atoms with Gasteiger partial charge in [0.25, 0.3) is 5.82 Å². The van der Waals surface area contributed by atoms with Crippen LogP contribution in [0.1, 0.15) is 19.2 Å². The molecule has 8 heteroatoms. The SMILES string of the molecule is CCCNN=C(Br)c1ncc([N+](=O)[O-])n1C. The molecule has 1 rings (SSSR count). The van der Waals surface area contributed by atoms with E-state index in [1.54, 1.807) is 7.05 Å². The second-order valence-electron chi connectivity index (χ2n) is 3.07. The Labute approximate surface area is 101 Å². The van der Waals surface area contributed by atoms with Crippen molar-refractivity contribution in [3.63, 3.8) is 0 Å². The minimum Gasteiger partial charge on any atom is -0.358 e. The van der Waals surface area contributed by atoms with Gasteiger partial charge in [-0.15, -0.1) is 0 Å². The third-order valence-electron chi connectivity index (χ3n) is 1.87. The van der Waals surface area contributed by atoms with Crippen molar-refractivity contribution >= 4 is 26.4 Å². The van der Waals surface area contributed by atoms with Gasteiger partial charge >= 0.3 is 5.82 Å². The average Bonchev–Trinajstić information content (AvgIpc) is 2.60. The fourth-order valence-corrected chi connectivity index (χ4v) is 1.54. The minimum absolute atomic E-state index is 0.0716. The molecule has 0 bridgehead atoms. The molecule has 7 nitrogen and oxygen atoms in total. The number of hydrazone groups is 1. The number of nitro groups is 1. The molecule has 0 fully saturated rings. The zero-order chi connectivity index (χ0) is 12.1. The van der Waals surface area contributed by atoms with E-state index in [0.717, 1.165) is 13.0 Å². The number of hydrogen-bond acceptors (Lipinski definition) is 5. The van der Waals surface area contributed by atoms with E-state index >= 15 is 0 Å². The van der Waals surface area contributed by atoms with Gasteiger partial charge in [0.2, 0.25) is 0 Å². The van der Waals surface area contributed by atoms with Crippen LogP contribution in [0.2, 0.25) is 0 Å². The highest BCUT2D eigenvalue weighted by Crippen LogP contribution is 2.14. The lowest BCUT2D eigenvalue weighted by Crippen LogP contribution is -2.12. The van der Waals surface area contributed by atoms with Crippen LogP contribution in [-0.2, 0) is 7.05 Å². The number of nitrogens with zero attached hydrogens (tertiary/aromatic N) is 4. The molecule has 0 aliphatic rings. The van der Waals surface area contributed by atoms with Crippen LogP contribution >= 0.6 is 15.9 Å². The van der Waals surface area contributed by atoms with E-state index < -0.39 is 4.92 Å². The molecule has 0 saturated heterocycles. The summed E-state index contributed by atoms with van der Waals surface area (Å²) in [5, 5.41) is 14.6. The van der Waals surface area contributed by atoms with Gasteiger partial charge in [0.15, 0.2) is 4.62 Å². The number of aromatic nitrogens is 2. The Morgan fingerprint density at radius 2 is 2.50 bits per heavy atom. The lowest BCUT2D eigenvalue weighted by atomic mass is 10.5. The van der Waals surface area contributed by atoms with Gasteiger partial charge in [-0.2, -0.15) is 5.10 Å². The van der Waals surface area contributed by atoms with Gasteiger partial charge in [-0.1, -0.05) is 6.92 Å². The second-order valence-corrected chi connectivity index (χ2v) is 3.82. The van der Waals surface area contributed by atoms with Crippen molar-refractivity contribution in [1.82, 2.24) is 15.0 Å². The van der Waals surface area contributed by atoms with Crippen LogP contribution in [0.5, 0.6) is 0 Å². The summed E-state index contributed by atoms with van der Waals surface area (Å²) in [7, 11) is 1.57. The van der Waals surface area contributed by atoms with Gasteiger partial charge in [-0.3, -0.25) is 0 Å². The Hall–Kier alpha value is -1.44. The molecule has 0 atom stereocenters. The number of nitrogens with one attached hydrogen (secondary N) is 1. The number of hydrogen-bond donors (Lipinski definition) is 1. The summed E-state index contributed by atoms with van der Waals surface area (Å²) in [6.45, 7) is 2.75. The van der Waals surface area contributed by atoms with Crippen molar-refractivity contribution in [2.24, 2.45) is 12.1 Å². The lowest BCUT2D eigenvalue weighted by molar-refractivity contribution is -0.391. The summed E-state index contributed by atoms with van der Waals surface area (Å²) in [6.07, 6.45) is 2.15. The van der Waals surface area contributed by atoms with Gasteiger partial charge in [0.05, 0.1) is 7.05 Å². The molecule has 88 valence electrons. The van der Waals surface area contributed by atoms with E-state index in [2.05, 4.69) is 31.4 Å². The van der Waals surface area contributed by atoms with E-state index in [1.165, 1.54) is 10.8 Å².